The van der Waals surface area contributed by atoms with Crippen LogP contribution < -0.4 is 4.74 Å². The molecule has 0 amide bonds. The predicted molar refractivity (Wildman–Crippen MR) is 88.0 cm³/mol. The number of nitrogens with zero attached hydrogens (tertiary/aromatic N) is 1. The van der Waals surface area contributed by atoms with Crippen LogP contribution in [0.3, 0.4) is 0 Å². The first-order valence-corrected chi connectivity index (χ1v) is 7.17. The van der Waals surface area contributed by atoms with E-state index >= 15 is 0 Å². The Labute approximate surface area is 128 Å². The van der Waals surface area contributed by atoms with Gasteiger partial charge in [-0.2, -0.15) is 5.10 Å². The maximum absolute atomic E-state index is 6.05. The highest BCUT2D eigenvalue weighted by molar-refractivity contribution is 5.97. The zero-order valence-electron chi connectivity index (χ0n) is 11.9. The van der Waals surface area contributed by atoms with E-state index in [2.05, 4.69) is 22.3 Å². The molecule has 1 N–H and O–H groups in total. The average molecular weight is 286 g/mol. The van der Waals surface area contributed by atoms with E-state index < -0.39 is 0 Å². The van der Waals surface area contributed by atoms with Crippen LogP contribution in [0, 0.1) is 0 Å². The molecular weight excluding hydrogens is 272 g/mol. The van der Waals surface area contributed by atoms with Gasteiger partial charge in [0, 0.05) is 5.56 Å². The number of fused-ring (bicyclic) bond motifs is 1. The summed E-state index contributed by atoms with van der Waals surface area (Å²) in [5.74, 6) is 1.62. The first-order valence-electron chi connectivity index (χ1n) is 7.17. The van der Waals surface area contributed by atoms with Gasteiger partial charge in [0.05, 0.1) is 10.9 Å². The topological polar surface area (TPSA) is 37.9 Å². The lowest BCUT2D eigenvalue weighted by atomic mass is 10.1. The van der Waals surface area contributed by atoms with E-state index in [0.717, 1.165) is 33.7 Å². The van der Waals surface area contributed by atoms with Crippen LogP contribution >= 0.6 is 0 Å². The largest absolute Gasteiger partial charge is 0.457 e. The molecule has 106 valence electrons. The normalized spacial score (nSPS) is 10.7. The summed E-state index contributed by atoms with van der Waals surface area (Å²) in [6.45, 7) is 0. The van der Waals surface area contributed by atoms with Gasteiger partial charge < -0.3 is 4.74 Å². The van der Waals surface area contributed by atoms with Gasteiger partial charge >= 0.3 is 0 Å². The number of ether oxygens (including phenoxy) is 1. The van der Waals surface area contributed by atoms with Crippen molar-refractivity contribution in [1.29, 1.82) is 0 Å². The fourth-order valence-electron chi connectivity index (χ4n) is 2.55. The van der Waals surface area contributed by atoms with Crippen LogP contribution in [0.15, 0.2) is 78.9 Å². The van der Waals surface area contributed by atoms with Gasteiger partial charge in [-0.15, -0.1) is 0 Å². The lowest BCUT2D eigenvalue weighted by Gasteiger charge is -2.08. The minimum Gasteiger partial charge on any atom is -0.457 e. The highest BCUT2D eigenvalue weighted by Gasteiger charge is 2.13. The molecule has 0 bridgehead atoms. The molecule has 0 radical (unpaired) electrons. The quantitative estimate of drug-likeness (QED) is 0.574. The summed E-state index contributed by atoms with van der Waals surface area (Å²) >= 11 is 0. The summed E-state index contributed by atoms with van der Waals surface area (Å²) in [4.78, 5) is 0. The molecule has 1 heterocycles. The highest BCUT2D eigenvalue weighted by Crippen LogP contribution is 2.35. The number of H-pyrrole nitrogens is 1. The molecule has 0 saturated heterocycles. The first-order chi connectivity index (χ1) is 10.9. The van der Waals surface area contributed by atoms with E-state index in [0.29, 0.717) is 0 Å². The van der Waals surface area contributed by atoms with Gasteiger partial charge in [-0.25, -0.2) is 0 Å². The molecule has 22 heavy (non-hydrogen) atoms. The first kappa shape index (κ1) is 12.7. The predicted octanol–water partition coefficient (Wildman–Crippen LogP) is 5.02. The van der Waals surface area contributed by atoms with Gasteiger partial charge in [0.25, 0.3) is 0 Å². The maximum Gasteiger partial charge on any atom is 0.139 e. The number of hydrogen-bond acceptors (Lipinski definition) is 2. The SMILES string of the molecule is c1ccc(Oc2cccc3[nH]nc(-c4ccccc4)c23)cc1. The number of nitrogens with one attached hydrogen (secondary N) is 1. The third-order valence-electron chi connectivity index (χ3n) is 3.57. The summed E-state index contributed by atoms with van der Waals surface area (Å²) in [7, 11) is 0. The second-order valence-electron chi connectivity index (χ2n) is 5.03. The van der Waals surface area contributed by atoms with Gasteiger partial charge in [0.1, 0.15) is 17.2 Å². The van der Waals surface area contributed by atoms with Gasteiger partial charge in [0.15, 0.2) is 0 Å². The molecule has 3 nitrogen and oxygen atoms in total. The van der Waals surface area contributed by atoms with Crippen molar-refractivity contribution in [2.24, 2.45) is 0 Å². The summed E-state index contributed by atoms with van der Waals surface area (Å²) in [6, 6.07) is 25.9. The maximum atomic E-state index is 6.05. The van der Waals surface area contributed by atoms with Crippen LogP contribution in [-0.4, -0.2) is 10.2 Å². The molecule has 0 fully saturated rings. The molecule has 0 aliphatic carbocycles. The molecular formula is C19H14N2O. The molecule has 3 aromatic carbocycles. The number of aromatic nitrogens is 2. The van der Waals surface area contributed by atoms with Crippen LogP contribution in [-0.2, 0) is 0 Å². The van der Waals surface area contributed by atoms with E-state index in [9.17, 15) is 0 Å². The molecule has 4 rings (SSSR count). The number of rotatable bonds is 3. The molecule has 4 aromatic rings. The number of aromatic amines is 1. The lowest BCUT2D eigenvalue weighted by molar-refractivity contribution is 0.488. The summed E-state index contributed by atoms with van der Waals surface area (Å²) in [5.41, 5.74) is 2.94. The van der Waals surface area contributed by atoms with Gasteiger partial charge in [-0.1, -0.05) is 54.6 Å². The zero-order valence-corrected chi connectivity index (χ0v) is 11.9. The highest BCUT2D eigenvalue weighted by atomic mass is 16.5. The Hall–Kier alpha value is -3.07. The Morgan fingerprint density at radius 1 is 0.727 bits per heavy atom. The Morgan fingerprint density at radius 3 is 2.23 bits per heavy atom. The number of para-hydroxylation sites is 1. The van der Waals surface area contributed by atoms with E-state index in [1.807, 2.05) is 66.7 Å². The van der Waals surface area contributed by atoms with Crippen molar-refractivity contribution < 1.29 is 4.74 Å². The van der Waals surface area contributed by atoms with Crippen LogP contribution in [0.1, 0.15) is 0 Å². The third kappa shape index (κ3) is 2.23. The minimum atomic E-state index is 0.802. The van der Waals surface area contributed by atoms with Gasteiger partial charge in [0.2, 0.25) is 0 Å². The second-order valence-corrected chi connectivity index (χ2v) is 5.03. The van der Waals surface area contributed by atoms with Crippen LogP contribution in [0.25, 0.3) is 22.2 Å². The van der Waals surface area contributed by atoms with Crippen LogP contribution in [0.5, 0.6) is 11.5 Å². The van der Waals surface area contributed by atoms with Crippen molar-refractivity contribution in [3.8, 4) is 22.8 Å². The average Bonchev–Trinajstić information content (AvgIpc) is 3.02. The second kappa shape index (κ2) is 5.37. The third-order valence-corrected chi connectivity index (χ3v) is 3.57. The lowest BCUT2D eigenvalue weighted by Crippen LogP contribution is -1.86. The van der Waals surface area contributed by atoms with Crippen LogP contribution in [0.2, 0.25) is 0 Å². The Morgan fingerprint density at radius 2 is 1.45 bits per heavy atom. The zero-order chi connectivity index (χ0) is 14.8. The van der Waals surface area contributed by atoms with Crippen molar-refractivity contribution in [1.82, 2.24) is 10.2 Å². The van der Waals surface area contributed by atoms with Gasteiger partial charge in [-0.05, 0) is 24.3 Å². The molecule has 0 saturated carbocycles. The van der Waals surface area contributed by atoms with E-state index in [-0.39, 0.29) is 0 Å². The standard InChI is InChI=1S/C19H14N2O/c1-3-8-14(9-4-1)19-18-16(20-21-19)12-7-13-17(18)22-15-10-5-2-6-11-15/h1-13H,(H,20,21). The summed E-state index contributed by atoms with van der Waals surface area (Å²) in [5, 5.41) is 8.54. The molecule has 0 unspecified atom stereocenters. The molecule has 0 atom stereocenters. The molecule has 0 spiro atoms. The molecule has 0 aliphatic heterocycles. The number of hydrogen-bond donors (Lipinski definition) is 1. The Bertz CT molecular complexity index is 899. The van der Waals surface area contributed by atoms with Crippen molar-refractivity contribution in [2.75, 3.05) is 0 Å². The van der Waals surface area contributed by atoms with Crippen molar-refractivity contribution in [2.45, 2.75) is 0 Å². The number of benzene rings is 3. The van der Waals surface area contributed by atoms with E-state index in [1.54, 1.807) is 0 Å². The summed E-state index contributed by atoms with van der Waals surface area (Å²) < 4.78 is 6.05. The van der Waals surface area contributed by atoms with Crippen molar-refractivity contribution >= 4 is 10.9 Å². The van der Waals surface area contributed by atoms with Crippen LogP contribution in [0.4, 0.5) is 0 Å². The molecule has 0 aliphatic rings. The fraction of sp³-hybridized carbons (Fsp3) is 0. The van der Waals surface area contributed by atoms with E-state index in [1.165, 1.54) is 0 Å². The van der Waals surface area contributed by atoms with Crippen molar-refractivity contribution in [3.05, 3.63) is 78.9 Å². The minimum absolute atomic E-state index is 0.802. The van der Waals surface area contributed by atoms with E-state index in [4.69, 9.17) is 4.74 Å². The molecule has 3 heteroatoms. The van der Waals surface area contributed by atoms with Crippen molar-refractivity contribution in [3.63, 3.8) is 0 Å². The summed E-state index contributed by atoms with van der Waals surface area (Å²) in [6.07, 6.45) is 0. The fourth-order valence-corrected chi connectivity index (χ4v) is 2.55. The Balaban J connectivity index is 1.87. The smallest absolute Gasteiger partial charge is 0.139 e. The van der Waals surface area contributed by atoms with Gasteiger partial charge in [-0.3, -0.25) is 5.10 Å². The monoisotopic (exact) mass is 286 g/mol. The molecule has 1 aromatic heterocycles. The Kier molecular flexibility index (Phi) is 3.09.